The largest absolute Gasteiger partial charge is 0.327 e. The average molecular weight is 346 g/mol. The smallest absolute Gasteiger partial charge is 0.278 e. The van der Waals surface area contributed by atoms with Gasteiger partial charge < -0.3 is 4.57 Å². The monoisotopic (exact) mass is 345 g/mol. The molecule has 3 rings (SSSR count). The van der Waals surface area contributed by atoms with E-state index in [1.54, 1.807) is 6.20 Å². The van der Waals surface area contributed by atoms with Gasteiger partial charge in [0.1, 0.15) is 0 Å². The molecule has 0 fully saturated rings. The van der Waals surface area contributed by atoms with E-state index in [4.69, 9.17) is 0 Å². The van der Waals surface area contributed by atoms with Crippen LogP contribution in [0.3, 0.4) is 0 Å². The highest BCUT2D eigenvalue weighted by Crippen LogP contribution is 2.29. The molecule has 4 nitrogen and oxygen atoms in total. The van der Waals surface area contributed by atoms with E-state index in [1.807, 2.05) is 55.8 Å². The first kappa shape index (κ1) is 14.1. The fourth-order valence-corrected chi connectivity index (χ4v) is 3.27. The van der Waals surface area contributed by atoms with E-state index in [9.17, 15) is 4.79 Å². The number of rotatable bonds is 2. The molecule has 0 spiro atoms. The molecule has 0 unspecified atom stereocenters. The van der Waals surface area contributed by atoms with Crippen molar-refractivity contribution in [3.63, 3.8) is 0 Å². The van der Waals surface area contributed by atoms with Crippen LogP contribution in [0.25, 0.3) is 16.9 Å². The van der Waals surface area contributed by atoms with Crippen molar-refractivity contribution >= 4 is 21.6 Å². The molecule has 0 N–H and O–H groups in total. The summed E-state index contributed by atoms with van der Waals surface area (Å²) < 4.78 is 4.31. The first-order valence-corrected chi connectivity index (χ1v) is 7.63. The summed E-state index contributed by atoms with van der Waals surface area (Å²) in [4.78, 5) is 12.8. The minimum absolute atomic E-state index is 0.0531. The first-order valence-electron chi connectivity index (χ1n) is 6.84. The van der Waals surface area contributed by atoms with E-state index >= 15 is 0 Å². The molecule has 0 amide bonds. The third-order valence-electron chi connectivity index (χ3n) is 3.66. The zero-order valence-electron chi connectivity index (χ0n) is 12.2. The summed E-state index contributed by atoms with van der Waals surface area (Å²) in [7, 11) is 1.97. The Kier molecular flexibility index (Phi) is 3.45. The van der Waals surface area contributed by atoms with Crippen molar-refractivity contribution < 1.29 is 0 Å². The Morgan fingerprint density at radius 1 is 1.19 bits per heavy atom. The predicted molar refractivity (Wildman–Crippen MR) is 87.7 cm³/mol. The Labute approximate surface area is 131 Å². The number of aryl methyl sites for hydroxylation is 1. The number of nitrogens with zero attached hydrogens (tertiary/aromatic N) is 3. The van der Waals surface area contributed by atoms with Gasteiger partial charge in [0.15, 0.2) is 5.65 Å². The zero-order valence-corrected chi connectivity index (χ0v) is 13.8. The number of aromatic nitrogens is 3. The predicted octanol–water partition coefficient (Wildman–Crippen LogP) is 3.59. The lowest BCUT2D eigenvalue weighted by Gasteiger charge is -2.18. The van der Waals surface area contributed by atoms with Crippen molar-refractivity contribution in [2.75, 3.05) is 0 Å². The SMILES string of the molecule is CC(C)c1c(-c2ccccc2)n(C)c2c(Br)cnn2c1=O. The molecular formula is C16H16BrN3O. The number of fused-ring (bicyclic) bond motifs is 1. The van der Waals surface area contributed by atoms with Gasteiger partial charge in [-0.1, -0.05) is 44.2 Å². The van der Waals surface area contributed by atoms with Gasteiger partial charge in [-0.15, -0.1) is 0 Å². The van der Waals surface area contributed by atoms with E-state index in [0.29, 0.717) is 0 Å². The Hall–Kier alpha value is -1.88. The highest BCUT2D eigenvalue weighted by atomic mass is 79.9. The van der Waals surface area contributed by atoms with Crippen molar-refractivity contribution in [2.45, 2.75) is 19.8 Å². The van der Waals surface area contributed by atoms with Crippen LogP contribution in [-0.4, -0.2) is 14.2 Å². The summed E-state index contributed by atoms with van der Waals surface area (Å²) in [5, 5.41) is 4.19. The average Bonchev–Trinajstić information content (AvgIpc) is 2.85. The second-order valence-electron chi connectivity index (χ2n) is 5.38. The third kappa shape index (κ3) is 2.12. The summed E-state index contributed by atoms with van der Waals surface area (Å²) >= 11 is 3.48. The number of hydrogen-bond acceptors (Lipinski definition) is 2. The lowest BCUT2D eigenvalue weighted by atomic mass is 9.98. The lowest BCUT2D eigenvalue weighted by molar-refractivity contribution is 0.758. The van der Waals surface area contributed by atoms with Crippen LogP contribution in [0.15, 0.2) is 45.8 Å². The first-order chi connectivity index (χ1) is 10.0. The van der Waals surface area contributed by atoms with Crippen LogP contribution >= 0.6 is 15.9 Å². The van der Waals surface area contributed by atoms with Crippen molar-refractivity contribution in [1.29, 1.82) is 0 Å². The molecule has 1 aromatic carbocycles. The Balaban J connectivity index is 2.52. The summed E-state index contributed by atoms with van der Waals surface area (Å²) in [6.45, 7) is 4.07. The summed E-state index contributed by atoms with van der Waals surface area (Å²) in [6.07, 6.45) is 1.66. The van der Waals surface area contributed by atoms with Gasteiger partial charge >= 0.3 is 0 Å². The van der Waals surface area contributed by atoms with Gasteiger partial charge in [-0.25, -0.2) is 0 Å². The fourth-order valence-electron chi connectivity index (χ4n) is 2.74. The summed E-state index contributed by atoms with van der Waals surface area (Å²) in [5.41, 5.74) is 3.48. The number of benzene rings is 1. The van der Waals surface area contributed by atoms with Crippen molar-refractivity contribution in [3.8, 4) is 11.3 Å². The Morgan fingerprint density at radius 3 is 2.48 bits per heavy atom. The standard InChI is InChI=1S/C16H16BrN3O/c1-10(2)13-14(11-7-5-4-6-8-11)19(3)15-12(17)9-18-20(15)16(13)21/h4-10H,1-3H3. The van der Waals surface area contributed by atoms with Crippen molar-refractivity contribution in [2.24, 2.45) is 7.05 Å². The summed E-state index contributed by atoms with van der Waals surface area (Å²) in [5.74, 6) is 0.117. The van der Waals surface area contributed by atoms with Crippen LogP contribution in [0.5, 0.6) is 0 Å². The highest BCUT2D eigenvalue weighted by Gasteiger charge is 2.21. The van der Waals surface area contributed by atoms with Crippen LogP contribution < -0.4 is 5.56 Å². The molecule has 21 heavy (non-hydrogen) atoms. The highest BCUT2D eigenvalue weighted by molar-refractivity contribution is 9.10. The van der Waals surface area contributed by atoms with Crippen molar-refractivity contribution in [3.05, 3.63) is 56.9 Å². The van der Waals surface area contributed by atoms with E-state index < -0.39 is 0 Å². The molecule has 0 saturated heterocycles. The molecule has 0 radical (unpaired) electrons. The van der Waals surface area contributed by atoms with Crippen LogP contribution in [0.4, 0.5) is 0 Å². The maximum atomic E-state index is 12.8. The second kappa shape index (κ2) is 5.15. The number of halogens is 1. The Bertz CT molecular complexity index is 863. The molecule has 0 aliphatic heterocycles. The molecule has 0 saturated carbocycles. The second-order valence-corrected chi connectivity index (χ2v) is 6.23. The van der Waals surface area contributed by atoms with Gasteiger partial charge in [-0.2, -0.15) is 9.61 Å². The molecule has 0 aliphatic carbocycles. The third-order valence-corrected chi connectivity index (χ3v) is 4.22. The molecule has 2 heterocycles. The molecule has 0 bridgehead atoms. The molecule has 5 heteroatoms. The van der Waals surface area contributed by atoms with Gasteiger partial charge in [-0.3, -0.25) is 4.79 Å². The van der Waals surface area contributed by atoms with Gasteiger partial charge in [0, 0.05) is 12.6 Å². The van der Waals surface area contributed by atoms with E-state index in [1.165, 1.54) is 4.52 Å². The molecular weight excluding hydrogens is 330 g/mol. The van der Waals surface area contributed by atoms with E-state index in [-0.39, 0.29) is 11.5 Å². The zero-order chi connectivity index (χ0) is 15.1. The maximum absolute atomic E-state index is 12.8. The number of hydrogen-bond donors (Lipinski definition) is 0. The Morgan fingerprint density at radius 2 is 1.86 bits per heavy atom. The maximum Gasteiger partial charge on any atom is 0.278 e. The van der Waals surface area contributed by atoms with Crippen LogP contribution in [0.1, 0.15) is 25.3 Å². The minimum atomic E-state index is -0.0531. The normalized spacial score (nSPS) is 11.5. The topological polar surface area (TPSA) is 39.3 Å². The lowest BCUT2D eigenvalue weighted by Crippen LogP contribution is -2.25. The van der Waals surface area contributed by atoms with Crippen LogP contribution in [-0.2, 0) is 7.05 Å². The van der Waals surface area contributed by atoms with Crippen LogP contribution in [0, 0.1) is 0 Å². The molecule has 0 atom stereocenters. The van der Waals surface area contributed by atoms with Crippen LogP contribution in [0.2, 0.25) is 0 Å². The van der Waals surface area contributed by atoms with E-state index in [0.717, 1.165) is 26.9 Å². The molecule has 108 valence electrons. The van der Waals surface area contributed by atoms with Gasteiger partial charge in [0.05, 0.1) is 16.4 Å². The van der Waals surface area contributed by atoms with Gasteiger partial charge in [-0.05, 0) is 27.4 Å². The quantitative estimate of drug-likeness (QED) is 0.711. The molecule has 3 aromatic rings. The van der Waals surface area contributed by atoms with Gasteiger partial charge in [0.25, 0.3) is 5.56 Å². The molecule has 0 aliphatic rings. The van der Waals surface area contributed by atoms with Crippen molar-refractivity contribution in [1.82, 2.24) is 14.2 Å². The van der Waals surface area contributed by atoms with E-state index in [2.05, 4.69) is 21.0 Å². The van der Waals surface area contributed by atoms with Gasteiger partial charge in [0.2, 0.25) is 0 Å². The minimum Gasteiger partial charge on any atom is -0.327 e. The fraction of sp³-hybridized carbons (Fsp3) is 0.250. The molecule has 2 aromatic heterocycles. The summed E-state index contributed by atoms with van der Waals surface area (Å²) in [6, 6.07) is 10.0.